The Morgan fingerprint density at radius 2 is 1.88 bits per heavy atom. The molecule has 1 aromatic carbocycles. The summed E-state index contributed by atoms with van der Waals surface area (Å²) in [5, 5.41) is 0. The predicted octanol–water partition coefficient (Wildman–Crippen LogP) is 2.46. The maximum Gasteiger partial charge on any atom is 0.144 e. The van der Waals surface area contributed by atoms with E-state index in [9.17, 15) is 0 Å². The van der Waals surface area contributed by atoms with Crippen LogP contribution >= 0.6 is 0 Å². The summed E-state index contributed by atoms with van der Waals surface area (Å²) in [6.07, 6.45) is 3.92. The van der Waals surface area contributed by atoms with Gasteiger partial charge in [-0.15, -0.1) is 0 Å². The van der Waals surface area contributed by atoms with Crippen LogP contribution in [0.4, 0.5) is 0 Å². The molecule has 2 N–H and O–H groups in total. The number of nitrogens with two attached hydrogens (primary N) is 1. The summed E-state index contributed by atoms with van der Waals surface area (Å²) in [5.41, 5.74) is 8.97. The lowest BCUT2D eigenvalue weighted by molar-refractivity contribution is 1.03. The molecular formula is C14H13N3. The van der Waals surface area contributed by atoms with Gasteiger partial charge in [-0.1, -0.05) is 36.4 Å². The molecule has 0 saturated carbocycles. The number of nitrogens with zero attached hydrogens (tertiary/aromatic N) is 2. The van der Waals surface area contributed by atoms with E-state index >= 15 is 0 Å². The number of aromatic nitrogens is 2. The fourth-order valence-electron chi connectivity index (χ4n) is 1.96. The molecule has 3 heteroatoms. The minimum atomic E-state index is 0.544. The zero-order valence-electron chi connectivity index (χ0n) is 9.38. The monoisotopic (exact) mass is 223 g/mol. The van der Waals surface area contributed by atoms with E-state index in [-0.39, 0.29) is 0 Å². The van der Waals surface area contributed by atoms with Crippen molar-refractivity contribution in [1.82, 2.24) is 9.38 Å². The number of fused-ring (bicyclic) bond motifs is 1. The molecule has 0 unspecified atom stereocenters. The molecule has 3 nitrogen and oxygen atoms in total. The second-order valence-electron chi connectivity index (χ2n) is 3.98. The Balaban J connectivity index is 2.23. The highest BCUT2D eigenvalue weighted by atomic mass is 15.0. The van der Waals surface area contributed by atoms with Gasteiger partial charge in [0, 0.05) is 18.3 Å². The minimum Gasteiger partial charge on any atom is -0.326 e. The molecular weight excluding hydrogens is 210 g/mol. The van der Waals surface area contributed by atoms with Gasteiger partial charge in [-0.3, -0.25) is 4.40 Å². The summed E-state index contributed by atoms with van der Waals surface area (Å²) in [5.74, 6) is 0.955. The SMILES string of the molecule is NCc1ccc2cnc(-c3ccccc3)n2c1. The van der Waals surface area contributed by atoms with E-state index in [1.807, 2.05) is 42.7 Å². The van der Waals surface area contributed by atoms with E-state index in [0.29, 0.717) is 6.54 Å². The molecule has 2 aromatic heterocycles. The van der Waals surface area contributed by atoms with Gasteiger partial charge in [0.05, 0.1) is 11.7 Å². The number of hydrogen-bond acceptors (Lipinski definition) is 2. The average molecular weight is 223 g/mol. The van der Waals surface area contributed by atoms with E-state index in [2.05, 4.69) is 21.5 Å². The van der Waals surface area contributed by atoms with Crippen molar-refractivity contribution in [2.24, 2.45) is 5.73 Å². The summed E-state index contributed by atoms with van der Waals surface area (Å²) < 4.78 is 2.08. The zero-order valence-corrected chi connectivity index (χ0v) is 9.38. The average Bonchev–Trinajstić information content (AvgIpc) is 2.82. The van der Waals surface area contributed by atoms with E-state index in [0.717, 1.165) is 22.5 Å². The van der Waals surface area contributed by atoms with Crippen molar-refractivity contribution in [3.05, 3.63) is 60.4 Å². The van der Waals surface area contributed by atoms with Crippen molar-refractivity contribution in [1.29, 1.82) is 0 Å². The molecule has 84 valence electrons. The Bertz CT molecular complexity index is 641. The topological polar surface area (TPSA) is 43.3 Å². The Labute approximate surface area is 99.5 Å². The second-order valence-corrected chi connectivity index (χ2v) is 3.98. The number of rotatable bonds is 2. The number of imidazole rings is 1. The van der Waals surface area contributed by atoms with Gasteiger partial charge in [0.1, 0.15) is 5.82 Å². The minimum absolute atomic E-state index is 0.544. The van der Waals surface area contributed by atoms with Crippen LogP contribution in [0.5, 0.6) is 0 Å². The molecule has 0 bridgehead atoms. The van der Waals surface area contributed by atoms with Crippen molar-refractivity contribution < 1.29 is 0 Å². The summed E-state index contributed by atoms with van der Waals surface area (Å²) in [6, 6.07) is 14.2. The molecule has 0 aliphatic carbocycles. The molecule has 0 spiro atoms. The van der Waals surface area contributed by atoms with Crippen molar-refractivity contribution in [3.63, 3.8) is 0 Å². The largest absolute Gasteiger partial charge is 0.326 e. The first-order valence-corrected chi connectivity index (χ1v) is 5.60. The van der Waals surface area contributed by atoms with E-state index < -0.39 is 0 Å². The quantitative estimate of drug-likeness (QED) is 0.725. The van der Waals surface area contributed by atoms with Crippen LogP contribution < -0.4 is 5.73 Å². The van der Waals surface area contributed by atoms with Crippen LogP contribution in [0, 0.1) is 0 Å². The van der Waals surface area contributed by atoms with Gasteiger partial charge in [-0.2, -0.15) is 0 Å². The molecule has 2 heterocycles. The highest BCUT2D eigenvalue weighted by molar-refractivity contribution is 5.62. The maximum absolute atomic E-state index is 5.66. The first-order chi connectivity index (χ1) is 8.38. The third-order valence-corrected chi connectivity index (χ3v) is 2.86. The normalized spacial score (nSPS) is 10.9. The molecule has 0 atom stereocenters. The van der Waals surface area contributed by atoms with Gasteiger partial charge >= 0.3 is 0 Å². The number of hydrogen-bond donors (Lipinski definition) is 1. The van der Waals surface area contributed by atoms with E-state index in [1.165, 1.54) is 0 Å². The van der Waals surface area contributed by atoms with Gasteiger partial charge in [-0.25, -0.2) is 4.98 Å². The number of pyridine rings is 1. The van der Waals surface area contributed by atoms with Gasteiger partial charge < -0.3 is 5.73 Å². The second kappa shape index (κ2) is 4.03. The lowest BCUT2D eigenvalue weighted by Crippen LogP contribution is -1.98. The Hall–Kier alpha value is -2.13. The molecule has 3 aromatic rings. The fourth-order valence-corrected chi connectivity index (χ4v) is 1.96. The zero-order chi connectivity index (χ0) is 11.7. The molecule has 0 amide bonds. The van der Waals surface area contributed by atoms with Crippen LogP contribution in [0.2, 0.25) is 0 Å². The van der Waals surface area contributed by atoms with E-state index in [1.54, 1.807) is 0 Å². The fraction of sp³-hybridized carbons (Fsp3) is 0.0714. The van der Waals surface area contributed by atoms with Crippen LogP contribution in [0.1, 0.15) is 5.56 Å². The third-order valence-electron chi connectivity index (χ3n) is 2.86. The van der Waals surface area contributed by atoms with Crippen molar-refractivity contribution in [2.45, 2.75) is 6.54 Å². The Morgan fingerprint density at radius 3 is 2.65 bits per heavy atom. The van der Waals surface area contributed by atoms with Gasteiger partial charge in [0.2, 0.25) is 0 Å². The summed E-state index contributed by atoms with van der Waals surface area (Å²) in [7, 11) is 0. The molecule has 0 aliphatic heterocycles. The third kappa shape index (κ3) is 1.70. The Morgan fingerprint density at radius 1 is 1.06 bits per heavy atom. The first-order valence-electron chi connectivity index (χ1n) is 5.60. The van der Waals surface area contributed by atoms with E-state index in [4.69, 9.17) is 5.73 Å². The highest BCUT2D eigenvalue weighted by Gasteiger charge is 2.05. The van der Waals surface area contributed by atoms with Crippen molar-refractivity contribution in [2.75, 3.05) is 0 Å². The molecule has 3 rings (SSSR count). The molecule has 17 heavy (non-hydrogen) atoms. The van der Waals surface area contributed by atoms with Crippen molar-refractivity contribution in [3.8, 4) is 11.4 Å². The molecule has 0 saturated heterocycles. The lowest BCUT2D eigenvalue weighted by atomic mass is 10.2. The van der Waals surface area contributed by atoms with Crippen LogP contribution in [0.3, 0.4) is 0 Å². The lowest BCUT2D eigenvalue weighted by Gasteiger charge is -2.03. The molecule has 0 fully saturated rings. The Kier molecular flexibility index (Phi) is 2.38. The number of benzene rings is 1. The van der Waals surface area contributed by atoms with Gasteiger partial charge in [0.25, 0.3) is 0 Å². The van der Waals surface area contributed by atoms with Gasteiger partial charge in [0.15, 0.2) is 0 Å². The van der Waals surface area contributed by atoms with Crippen LogP contribution in [0.15, 0.2) is 54.9 Å². The summed E-state index contributed by atoms with van der Waals surface area (Å²) in [4.78, 5) is 4.46. The maximum atomic E-state index is 5.66. The first kappa shape index (κ1) is 10.1. The smallest absolute Gasteiger partial charge is 0.144 e. The highest BCUT2D eigenvalue weighted by Crippen LogP contribution is 2.19. The summed E-state index contributed by atoms with van der Waals surface area (Å²) >= 11 is 0. The molecule has 0 aliphatic rings. The van der Waals surface area contributed by atoms with Crippen LogP contribution in [-0.2, 0) is 6.54 Å². The van der Waals surface area contributed by atoms with Crippen LogP contribution in [0.25, 0.3) is 16.9 Å². The summed E-state index contributed by atoms with van der Waals surface area (Å²) in [6.45, 7) is 0.544. The van der Waals surface area contributed by atoms with Crippen molar-refractivity contribution >= 4 is 5.52 Å². The molecule has 0 radical (unpaired) electrons. The van der Waals surface area contributed by atoms with Gasteiger partial charge in [-0.05, 0) is 11.6 Å². The standard InChI is InChI=1S/C14H13N3/c15-8-11-6-7-13-9-16-14(17(13)10-11)12-4-2-1-3-5-12/h1-7,9-10H,8,15H2. The predicted molar refractivity (Wildman–Crippen MR) is 68.5 cm³/mol. The van der Waals surface area contributed by atoms with Crippen LogP contribution in [-0.4, -0.2) is 9.38 Å².